The number of ketones is 1. The zero-order chi connectivity index (χ0) is 21.0. The largest absolute Gasteiger partial charge is 0.507 e. The van der Waals surface area contributed by atoms with Crippen molar-refractivity contribution in [2.45, 2.75) is 19.9 Å². The molecule has 6 heteroatoms. The maximum atomic E-state index is 12.9. The summed E-state index contributed by atoms with van der Waals surface area (Å²) in [5.41, 5.74) is 1.46. The number of carbonyl (C=O) groups is 2. The van der Waals surface area contributed by atoms with E-state index in [0.29, 0.717) is 18.7 Å². The quantitative estimate of drug-likeness (QED) is 0.385. The van der Waals surface area contributed by atoms with E-state index in [9.17, 15) is 14.7 Å². The summed E-state index contributed by atoms with van der Waals surface area (Å²) in [5, 5.41) is 10.9. The van der Waals surface area contributed by atoms with Gasteiger partial charge in [-0.25, -0.2) is 0 Å². The van der Waals surface area contributed by atoms with Gasteiger partial charge in [0.2, 0.25) is 0 Å². The van der Waals surface area contributed by atoms with Gasteiger partial charge < -0.3 is 14.9 Å². The van der Waals surface area contributed by atoms with Gasteiger partial charge in [-0.15, -0.1) is 0 Å². The first kappa shape index (κ1) is 21.3. The van der Waals surface area contributed by atoms with Gasteiger partial charge in [0.15, 0.2) is 0 Å². The number of carbonyl (C=O) groups excluding carboxylic acids is 2. The van der Waals surface area contributed by atoms with E-state index >= 15 is 0 Å². The Bertz CT molecular complexity index is 905. The predicted molar refractivity (Wildman–Crippen MR) is 117 cm³/mol. The average molecular weight is 457 g/mol. The molecule has 5 nitrogen and oxygen atoms in total. The fourth-order valence-electron chi connectivity index (χ4n) is 3.64. The number of hydrogen-bond donors (Lipinski definition) is 1. The van der Waals surface area contributed by atoms with Crippen molar-refractivity contribution < 1.29 is 14.7 Å². The lowest BCUT2D eigenvalue weighted by Crippen LogP contribution is -2.38. The summed E-state index contributed by atoms with van der Waals surface area (Å²) in [7, 11) is 0. The number of nitrogens with zero attached hydrogens (tertiary/aromatic N) is 2. The molecule has 0 saturated carbocycles. The molecule has 29 heavy (non-hydrogen) atoms. The minimum absolute atomic E-state index is 0.137. The zero-order valence-electron chi connectivity index (χ0n) is 16.6. The molecule has 0 unspecified atom stereocenters. The maximum absolute atomic E-state index is 12.9. The number of rotatable bonds is 7. The van der Waals surface area contributed by atoms with E-state index in [0.717, 1.165) is 23.1 Å². The summed E-state index contributed by atoms with van der Waals surface area (Å²) in [5.74, 6) is -1.34. The van der Waals surface area contributed by atoms with Crippen molar-refractivity contribution in [1.82, 2.24) is 9.80 Å². The molecular weight excluding hydrogens is 432 g/mol. The second-order valence-electron chi connectivity index (χ2n) is 6.94. The van der Waals surface area contributed by atoms with Gasteiger partial charge in [0.05, 0.1) is 11.6 Å². The second-order valence-corrected chi connectivity index (χ2v) is 7.85. The Labute approximate surface area is 179 Å². The second kappa shape index (κ2) is 9.37. The van der Waals surface area contributed by atoms with Gasteiger partial charge in [0.1, 0.15) is 5.76 Å². The standard InChI is InChI=1S/C23H25BrN2O3/c1-3-25(4-2)14-15-26-20(16-10-12-18(24)13-11-16)19(22(28)23(26)29)21(27)17-8-6-5-7-9-17/h5-13,20,27H,3-4,14-15H2,1-2H3/b21-19+/t20-/m0/s1. The summed E-state index contributed by atoms with van der Waals surface area (Å²) in [4.78, 5) is 29.6. The third-order valence-electron chi connectivity index (χ3n) is 5.32. The van der Waals surface area contributed by atoms with E-state index in [4.69, 9.17) is 0 Å². The molecule has 1 aliphatic rings. The highest BCUT2D eigenvalue weighted by Crippen LogP contribution is 2.39. The molecule has 1 saturated heterocycles. The molecule has 0 spiro atoms. The average Bonchev–Trinajstić information content (AvgIpc) is 3.00. The molecule has 0 bridgehead atoms. The number of Topliss-reactive ketones (excluding diaryl/α,β-unsaturated/α-hetero) is 1. The van der Waals surface area contributed by atoms with Crippen LogP contribution in [-0.4, -0.2) is 52.8 Å². The van der Waals surface area contributed by atoms with Crippen molar-refractivity contribution in [1.29, 1.82) is 0 Å². The first-order chi connectivity index (χ1) is 14.0. The molecule has 1 N–H and O–H groups in total. The Kier molecular flexibility index (Phi) is 6.87. The lowest BCUT2D eigenvalue weighted by molar-refractivity contribution is -0.140. The fourth-order valence-corrected chi connectivity index (χ4v) is 3.91. The van der Waals surface area contributed by atoms with Crippen molar-refractivity contribution in [3.8, 4) is 0 Å². The van der Waals surface area contributed by atoms with E-state index in [-0.39, 0.29) is 11.3 Å². The molecule has 3 rings (SSSR count). The van der Waals surface area contributed by atoms with Crippen LogP contribution in [0.25, 0.3) is 5.76 Å². The van der Waals surface area contributed by atoms with Crippen LogP contribution in [0.15, 0.2) is 64.6 Å². The highest BCUT2D eigenvalue weighted by Gasteiger charge is 2.45. The highest BCUT2D eigenvalue weighted by atomic mass is 79.9. The molecule has 2 aromatic carbocycles. The van der Waals surface area contributed by atoms with E-state index in [1.807, 2.05) is 30.3 Å². The van der Waals surface area contributed by atoms with Crippen molar-refractivity contribution in [2.24, 2.45) is 0 Å². The predicted octanol–water partition coefficient (Wildman–Crippen LogP) is 4.21. The lowest BCUT2D eigenvalue weighted by atomic mass is 9.95. The van der Waals surface area contributed by atoms with Crippen molar-refractivity contribution >= 4 is 33.4 Å². The van der Waals surface area contributed by atoms with E-state index < -0.39 is 17.7 Å². The van der Waals surface area contributed by atoms with Gasteiger partial charge in [-0.2, -0.15) is 0 Å². The Morgan fingerprint density at radius 1 is 1.03 bits per heavy atom. The first-order valence-corrected chi connectivity index (χ1v) is 10.6. The Balaban J connectivity index is 2.07. The molecule has 2 aromatic rings. The summed E-state index contributed by atoms with van der Waals surface area (Å²) in [6, 6.07) is 15.8. The molecule has 1 amide bonds. The zero-order valence-corrected chi connectivity index (χ0v) is 18.2. The summed E-state index contributed by atoms with van der Waals surface area (Å²) in [6.45, 7) is 6.95. The molecule has 0 radical (unpaired) electrons. The smallest absolute Gasteiger partial charge is 0.295 e. The SMILES string of the molecule is CCN(CC)CCN1C(=O)C(=O)/C(=C(/O)c2ccccc2)[C@@H]1c1ccc(Br)cc1. The van der Waals surface area contributed by atoms with Crippen LogP contribution >= 0.6 is 15.9 Å². The minimum Gasteiger partial charge on any atom is -0.507 e. The lowest BCUT2D eigenvalue weighted by Gasteiger charge is -2.28. The van der Waals surface area contributed by atoms with Crippen LogP contribution in [-0.2, 0) is 9.59 Å². The third-order valence-corrected chi connectivity index (χ3v) is 5.85. The van der Waals surface area contributed by atoms with Crippen LogP contribution in [0.4, 0.5) is 0 Å². The van der Waals surface area contributed by atoms with Crippen LogP contribution in [0, 0.1) is 0 Å². The molecular formula is C23H25BrN2O3. The highest BCUT2D eigenvalue weighted by molar-refractivity contribution is 9.10. The molecule has 1 aliphatic heterocycles. The van der Waals surface area contributed by atoms with E-state index in [2.05, 4.69) is 34.7 Å². The minimum atomic E-state index is -0.640. The number of likely N-dealkylation sites (tertiary alicyclic amines) is 1. The number of aliphatic hydroxyl groups excluding tert-OH is 1. The third kappa shape index (κ3) is 4.43. The first-order valence-electron chi connectivity index (χ1n) is 9.79. The van der Waals surface area contributed by atoms with Gasteiger partial charge in [-0.3, -0.25) is 9.59 Å². The molecule has 0 aliphatic carbocycles. The molecule has 0 aromatic heterocycles. The van der Waals surface area contributed by atoms with Crippen LogP contribution in [0.5, 0.6) is 0 Å². The topological polar surface area (TPSA) is 60.9 Å². The van der Waals surface area contributed by atoms with Crippen LogP contribution < -0.4 is 0 Å². The number of hydrogen-bond acceptors (Lipinski definition) is 4. The van der Waals surface area contributed by atoms with Gasteiger partial charge in [0.25, 0.3) is 11.7 Å². The maximum Gasteiger partial charge on any atom is 0.295 e. The van der Waals surface area contributed by atoms with Gasteiger partial charge >= 0.3 is 0 Å². The summed E-state index contributed by atoms with van der Waals surface area (Å²) < 4.78 is 0.907. The van der Waals surface area contributed by atoms with Crippen LogP contribution in [0.1, 0.15) is 31.0 Å². The number of aliphatic hydroxyl groups is 1. The summed E-state index contributed by atoms with van der Waals surface area (Å²) in [6.07, 6.45) is 0. The van der Waals surface area contributed by atoms with E-state index in [1.165, 1.54) is 0 Å². The monoisotopic (exact) mass is 456 g/mol. The Morgan fingerprint density at radius 2 is 1.66 bits per heavy atom. The molecule has 152 valence electrons. The number of halogens is 1. The fraction of sp³-hybridized carbons (Fsp3) is 0.304. The van der Waals surface area contributed by atoms with Crippen molar-refractivity contribution in [3.63, 3.8) is 0 Å². The normalized spacial score (nSPS) is 18.6. The molecule has 1 atom stereocenters. The van der Waals surface area contributed by atoms with Gasteiger partial charge in [0, 0.05) is 23.1 Å². The van der Waals surface area contributed by atoms with Crippen LogP contribution in [0.2, 0.25) is 0 Å². The van der Waals surface area contributed by atoms with Crippen molar-refractivity contribution in [2.75, 3.05) is 26.2 Å². The molecule has 1 fully saturated rings. The Hall–Kier alpha value is -2.44. The summed E-state index contributed by atoms with van der Waals surface area (Å²) >= 11 is 3.43. The van der Waals surface area contributed by atoms with Crippen LogP contribution in [0.3, 0.4) is 0 Å². The number of likely N-dealkylation sites (N-methyl/N-ethyl adjacent to an activating group) is 1. The van der Waals surface area contributed by atoms with Gasteiger partial charge in [-0.05, 0) is 30.8 Å². The Morgan fingerprint density at radius 3 is 2.24 bits per heavy atom. The number of benzene rings is 2. The number of amides is 1. The van der Waals surface area contributed by atoms with E-state index in [1.54, 1.807) is 29.2 Å². The molecule has 1 heterocycles. The van der Waals surface area contributed by atoms with Gasteiger partial charge in [-0.1, -0.05) is 72.2 Å². The van der Waals surface area contributed by atoms with Crippen molar-refractivity contribution in [3.05, 3.63) is 75.8 Å².